The molecule has 3 rings (SSSR count). The van der Waals surface area contributed by atoms with Crippen molar-refractivity contribution in [3.8, 4) is 11.5 Å². The van der Waals surface area contributed by atoms with Crippen molar-refractivity contribution in [3.63, 3.8) is 0 Å². The molecule has 0 bridgehead atoms. The molecule has 2 aromatic carbocycles. The van der Waals surface area contributed by atoms with Crippen LogP contribution in [-0.2, 0) is 6.54 Å². The summed E-state index contributed by atoms with van der Waals surface area (Å²) in [4.78, 5) is 11.5. The fraction of sp³-hybridized carbons (Fsp3) is 0.458. The molecule has 0 aromatic heterocycles. The average Bonchev–Trinajstić information content (AvgIpc) is 2.77. The van der Waals surface area contributed by atoms with Crippen LogP contribution >= 0.6 is 0 Å². The highest BCUT2D eigenvalue weighted by atomic mass is 16.5. The lowest BCUT2D eigenvalue weighted by molar-refractivity contribution is 0.261. The van der Waals surface area contributed by atoms with E-state index in [1.165, 1.54) is 0 Å². The summed E-state index contributed by atoms with van der Waals surface area (Å²) in [5.74, 6) is 2.15. The molecule has 7 heteroatoms. The number of phenolic OH excluding ortho intramolecular Hbond substituents is 1. The lowest BCUT2D eigenvalue weighted by Crippen LogP contribution is -2.52. The standard InChI is InChI=1S/C24H35N5O2/c1-4-25-24(26-19-20-8-7-9-21(18-20)31-17-16-27(2)3)29-14-12-28(13-15-29)22-10-5-6-11-23(22)30/h5-11,18,30H,4,12-17,19H2,1-3H3,(H,25,26). The average molecular weight is 426 g/mol. The van der Waals surface area contributed by atoms with Crippen LogP contribution in [0.4, 0.5) is 5.69 Å². The van der Waals surface area contributed by atoms with E-state index in [4.69, 9.17) is 9.73 Å². The van der Waals surface area contributed by atoms with Crippen LogP contribution in [-0.4, -0.2) is 80.8 Å². The van der Waals surface area contributed by atoms with Gasteiger partial charge in [-0.1, -0.05) is 24.3 Å². The number of nitrogens with zero attached hydrogens (tertiary/aromatic N) is 4. The Morgan fingerprint density at radius 3 is 2.58 bits per heavy atom. The number of aliphatic imine (C=N–C) groups is 1. The number of aromatic hydroxyl groups is 1. The predicted octanol–water partition coefficient (Wildman–Crippen LogP) is 2.62. The number of hydrogen-bond donors (Lipinski definition) is 2. The van der Waals surface area contributed by atoms with Gasteiger partial charge in [-0.15, -0.1) is 0 Å². The lowest BCUT2D eigenvalue weighted by atomic mass is 10.2. The summed E-state index contributed by atoms with van der Waals surface area (Å²) in [6, 6.07) is 15.7. The Bertz CT molecular complexity index is 847. The van der Waals surface area contributed by atoms with Crippen LogP contribution in [0.5, 0.6) is 11.5 Å². The van der Waals surface area contributed by atoms with Crippen molar-refractivity contribution < 1.29 is 9.84 Å². The second kappa shape index (κ2) is 11.5. The molecule has 1 aliphatic rings. The summed E-state index contributed by atoms with van der Waals surface area (Å²) in [6.07, 6.45) is 0. The van der Waals surface area contributed by atoms with Crippen LogP contribution in [0.15, 0.2) is 53.5 Å². The second-order valence-corrected chi connectivity index (χ2v) is 7.93. The normalized spacial score (nSPS) is 14.8. The number of phenols is 1. The van der Waals surface area contributed by atoms with Crippen LogP contribution in [0.1, 0.15) is 12.5 Å². The van der Waals surface area contributed by atoms with Crippen molar-refractivity contribution in [1.82, 2.24) is 15.1 Å². The Labute approximate surface area is 185 Å². The quantitative estimate of drug-likeness (QED) is 0.501. The molecule has 168 valence electrons. The van der Waals surface area contributed by atoms with Gasteiger partial charge in [-0.25, -0.2) is 4.99 Å². The SMILES string of the molecule is CCNC(=NCc1cccc(OCCN(C)C)c1)N1CCN(c2ccccc2O)CC1. The van der Waals surface area contributed by atoms with Gasteiger partial charge in [0.25, 0.3) is 0 Å². The fourth-order valence-corrected chi connectivity index (χ4v) is 3.56. The molecule has 1 fully saturated rings. The minimum absolute atomic E-state index is 0.337. The van der Waals surface area contributed by atoms with Crippen LogP contribution in [0.25, 0.3) is 0 Å². The number of hydrogen-bond acceptors (Lipinski definition) is 5. The highest BCUT2D eigenvalue weighted by molar-refractivity contribution is 5.80. The minimum Gasteiger partial charge on any atom is -0.506 e. The number of nitrogens with one attached hydrogen (secondary N) is 1. The van der Waals surface area contributed by atoms with Gasteiger partial charge < -0.3 is 29.9 Å². The van der Waals surface area contributed by atoms with E-state index in [9.17, 15) is 5.11 Å². The summed E-state index contributed by atoms with van der Waals surface area (Å²) < 4.78 is 5.85. The Kier molecular flexibility index (Phi) is 8.41. The van der Waals surface area contributed by atoms with E-state index in [-0.39, 0.29) is 0 Å². The first-order valence-electron chi connectivity index (χ1n) is 11.0. The van der Waals surface area contributed by atoms with Crippen molar-refractivity contribution in [3.05, 3.63) is 54.1 Å². The molecule has 0 radical (unpaired) electrons. The maximum atomic E-state index is 10.1. The number of para-hydroxylation sites is 2. The largest absolute Gasteiger partial charge is 0.506 e. The highest BCUT2D eigenvalue weighted by Gasteiger charge is 2.21. The van der Waals surface area contributed by atoms with Crippen LogP contribution in [0.3, 0.4) is 0 Å². The molecule has 1 heterocycles. The number of guanidine groups is 1. The highest BCUT2D eigenvalue weighted by Crippen LogP contribution is 2.27. The number of benzene rings is 2. The second-order valence-electron chi connectivity index (χ2n) is 7.93. The smallest absolute Gasteiger partial charge is 0.194 e. The summed E-state index contributed by atoms with van der Waals surface area (Å²) in [7, 11) is 4.08. The van der Waals surface area contributed by atoms with E-state index >= 15 is 0 Å². The fourth-order valence-electron chi connectivity index (χ4n) is 3.56. The molecule has 1 aliphatic heterocycles. The van der Waals surface area contributed by atoms with Crippen molar-refractivity contribution in [2.45, 2.75) is 13.5 Å². The maximum Gasteiger partial charge on any atom is 0.194 e. The Morgan fingerprint density at radius 1 is 1.10 bits per heavy atom. The zero-order valence-corrected chi connectivity index (χ0v) is 18.9. The van der Waals surface area contributed by atoms with Gasteiger partial charge in [-0.2, -0.15) is 0 Å². The predicted molar refractivity (Wildman–Crippen MR) is 127 cm³/mol. The molecular weight excluding hydrogens is 390 g/mol. The van der Waals surface area contributed by atoms with Crippen molar-refractivity contribution in [1.29, 1.82) is 0 Å². The Morgan fingerprint density at radius 2 is 1.87 bits per heavy atom. The van der Waals surface area contributed by atoms with Gasteiger partial charge in [-0.05, 0) is 50.8 Å². The maximum absolute atomic E-state index is 10.1. The number of likely N-dealkylation sites (N-methyl/N-ethyl adjacent to an activating group) is 1. The van der Waals surface area contributed by atoms with Crippen molar-refractivity contribution in [2.75, 3.05) is 64.9 Å². The molecule has 0 unspecified atom stereocenters. The molecule has 31 heavy (non-hydrogen) atoms. The van der Waals surface area contributed by atoms with E-state index in [2.05, 4.69) is 39.1 Å². The molecule has 0 amide bonds. The van der Waals surface area contributed by atoms with Gasteiger partial charge >= 0.3 is 0 Å². The monoisotopic (exact) mass is 425 g/mol. The molecule has 2 N–H and O–H groups in total. The molecule has 0 spiro atoms. The van der Waals surface area contributed by atoms with Crippen molar-refractivity contribution >= 4 is 11.6 Å². The minimum atomic E-state index is 0.337. The Hall–Kier alpha value is -2.93. The van der Waals surface area contributed by atoms with Gasteiger partial charge in [0.05, 0.1) is 12.2 Å². The summed E-state index contributed by atoms with van der Waals surface area (Å²) in [6.45, 7) is 8.48. The van der Waals surface area contributed by atoms with Gasteiger partial charge in [0, 0.05) is 39.3 Å². The number of piperazine rings is 1. The molecule has 0 aliphatic carbocycles. The third-order valence-corrected chi connectivity index (χ3v) is 5.25. The number of ether oxygens (including phenoxy) is 1. The summed E-state index contributed by atoms with van der Waals surface area (Å²) in [5, 5.41) is 13.6. The first-order chi connectivity index (χ1) is 15.1. The third kappa shape index (κ3) is 6.79. The number of anilines is 1. The van der Waals surface area contributed by atoms with Gasteiger partial charge in [0.2, 0.25) is 0 Å². The van der Waals surface area contributed by atoms with E-state index in [0.717, 1.165) is 62.2 Å². The molecular formula is C24H35N5O2. The van der Waals surface area contributed by atoms with Crippen LogP contribution in [0, 0.1) is 0 Å². The van der Waals surface area contributed by atoms with Crippen LogP contribution < -0.4 is 15.0 Å². The zero-order chi connectivity index (χ0) is 22.1. The first-order valence-corrected chi connectivity index (χ1v) is 11.0. The van der Waals surface area contributed by atoms with Crippen LogP contribution in [0.2, 0.25) is 0 Å². The van der Waals surface area contributed by atoms with E-state index < -0.39 is 0 Å². The van der Waals surface area contributed by atoms with Gasteiger partial charge in [-0.3, -0.25) is 0 Å². The molecule has 1 saturated heterocycles. The van der Waals surface area contributed by atoms with Crippen molar-refractivity contribution in [2.24, 2.45) is 4.99 Å². The molecule has 7 nitrogen and oxygen atoms in total. The summed E-state index contributed by atoms with van der Waals surface area (Å²) >= 11 is 0. The van der Waals surface area contributed by atoms with E-state index in [0.29, 0.717) is 18.9 Å². The molecule has 0 atom stereocenters. The zero-order valence-electron chi connectivity index (χ0n) is 18.9. The third-order valence-electron chi connectivity index (χ3n) is 5.25. The van der Waals surface area contributed by atoms with E-state index in [1.807, 2.05) is 44.4 Å². The van der Waals surface area contributed by atoms with Gasteiger partial charge in [0.1, 0.15) is 18.1 Å². The molecule has 2 aromatic rings. The Balaban J connectivity index is 1.59. The topological polar surface area (TPSA) is 63.6 Å². The van der Waals surface area contributed by atoms with E-state index in [1.54, 1.807) is 6.07 Å². The summed E-state index contributed by atoms with van der Waals surface area (Å²) in [5.41, 5.74) is 2.03. The lowest BCUT2D eigenvalue weighted by Gasteiger charge is -2.37. The van der Waals surface area contributed by atoms with Gasteiger partial charge in [0.15, 0.2) is 5.96 Å². The molecule has 0 saturated carbocycles. The first kappa shape index (κ1) is 22.7. The number of rotatable bonds is 8.